The van der Waals surface area contributed by atoms with Crippen molar-refractivity contribution in [1.29, 1.82) is 0 Å². The van der Waals surface area contributed by atoms with Gasteiger partial charge < -0.3 is 4.90 Å². The zero-order chi connectivity index (χ0) is 14.1. The highest BCUT2D eigenvalue weighted by molar-refractivity contribution is 8.14. The number of benzene rings is 1. The quantitative estimate of drug-likeness (QED) is 0.730. The molecule has 0 spiro atoms. The van der Waals surface area contributed by atoms with Crippen molar-refractivity contribution >= 4 is 34.4 Å². The highest BCUT2D eigenvalue weighted by Gasteiger charge is 2.34. The standard InChI is InChI=1S/C14H15N3O2S/c1-9-8-10-4-2-3-5-11(10)17(9)13(19)12(18)16-14-15-6-7-20-14/h2-5,9H,6-8H2,1H3,(H,15,16,18). The van der Waals surface area contributed by atoms with Crippen LogP contribution < -0.4 is 10.2 Å². The lowest BCUT2D eigenvalue weighted by Gasteiger charge is -2.21. The highest BCUT2D eigenvalue weighted by atomic mass is 32.2. The van der Waals surface area contributed by atoms with Crippen molar-refractivity contribution in [2.75, 3.05) is 17.2 Å². The third kappa shape index (κ3) is 2.31. The number of thioether (sulfide) groups is 1. The number of aliphatic imine (C=N–C) groups is 1. The molecule has 1 aromatic rings. The van der Waals surface area contributed by atoms with Gasteiger partial charge in [-0.05, 0) is 25.0 Å². The molecule has 1 atom stereocenters. The maximum absolute atomic E-state index is 12.4. The summed E-state index contributed by atoms with van der Waals surface area (Å²) in [6, 6.07) is 7.71. The molecule has 0 bridgehead atoms. The monoisotopic (exact) mass is 289 g/mol. The van der Waals surface area contributed by atoms with Gasteiger partial charge in [-0.1, -0.05) is 30.0 Å². The van der Waals surface area contributed by atoms with Gasteiger partial charge in [-0.15, -0.1) is 0 Å². The first-order valence-electron chi connectivity index (χ1n) is 6.56. The number of carbonyl (C=O) groups is 2. The summed E-state index contributed by atoms with van der Waals surface area (Å²) in [5.41, 5.74) is 1.94. The predicted octanol–water partition coefficient (Wildman–Crippen LogP) is 1.18. The summed E-state index contributed by atoms with van der Waals surface area (Å²) in [5.74, 6) is -0.272. The van der Waals surface area contributed by atoms with E-state index < -0.39 is 11.8 Å². The molecule has 0 saturated carbocycles. The van der Waals surface area contributed by atoms with E-state index in [0.717, 1.165) is 23.4 Å². The van der Waals surface area contributed by atoms with E-state index in [1.165, 1.54) is 11.8 Å². The van der Waals surface area contributed by atoms with Gasteiger partial charge in [0.2, 0.25) is 0 Å². The number of hydrogen-bond donors (Lipinski definition) is 1. The molecule has 0 saturated heterocycles. The lowest BCUT2D eigenvalue weighted by atomic mass is 10.1. The summed E-state index contributed by atoms with van der Waals surface area (Å²) in [6.07, 6.45) is 0.783. The predicted molar refractivity (Wildman–Crippen MR) is 80.0 cm³/mol. The minimum absolute atomic E-state index is 0.00354. The number of carbonyl (C=O) groups excluding carboxylic acids is 2. The van der Waals surface area contributed by atoms with Gasteiger partial charge in [-0.3, -0.25) is 19.9 Å². The molecule has 104 valence electrons. The number of fused-ring (bicyclic) bond motifs is 1. The molecule has 5 nitrogen and oxygen atoms in total. The van der Waals surface area contributed by atoms with E-state index in [-0.39, 0.29) is 6.04 Å². The lowest BCUT2D eigenvalue weighted by molar-refractivity contribution is -0.136. The second-order valence-corrected chi connectivity index (χ2v) is 5.93. The summed E-state index contributed by atoms with van der Waals surface area (Å²) in [5, 5.41) is 3.13. The van der Waals surface area contributed by atoms with Crippen LogP contribution in [0.25, 0.3) is 0 Å². The number of nitrogens with one attached hydrogen (secondary N) is 1. The Morgan fingerprint density at radius 2 is 2.20 bits per heavy atom. The maximum Gasteiger partial charge on any atom is 0.316 e. The fourth-order valence-corrected chi connectivity index (χ4v) is 3.27. The van der Waals surface area contributed by atoms with Gasteiger partial charge in [-0.2, -0.15) is 0 Å². The Labute approximate surface area is 121 Å². The minimum Gasteiger partial charge on any atom is -0.301 e. The Morgan fingerprint density at radius 1 is 1.40 bits per heavy atom. The van der Waals surface area contributed by atoms with E-state index in [0.29, 0.717) is 11.7 Å². The zero-order valence-electron chi connectivity index (χ0n) is 11.1. The van der Waals surface area contributed by atoms with Crippen LogP contribution in [0.3, 0.4) is 0 Å². The van der Waals surface area contributed by atoms with Crippen LogP contribution in [0.2, 0.25) is 0 Å². The van der Waals surface area contributed by atoms with Crippen LogP contribution in [0.1, 0.15) is 12.5 Å². The number of rotatable bonds is 0. The van der Waals surface area contributed by atoms with Crippen molar-refractivity contribution in [2.24, 2.45) is 4.99 Å². The summed E-state index contributed by atoms with van der Waals surface area (Å²) < 4.78 is 0. The van der Waals surface area contributed by atoms with Gasteiger partial charge >= 0.3 is 11.8 Å². The summed E-state index contributed by atoms with van der Waals surface area (Å²) >= 11 is 1.46. The molecule has 1 aromatic carbocycles. The van der Waals surface area contributed by atoms with Gasteiger partial charge in [0, 0.05) is 17.5 Å². The van der Waals surface area contributed by atoms with Crippen LogP contribution in [-0.4, -0.2) is 35.3 Å². The van der Waals surface area contributed by atoms with E-state index in [1.807, 2.05) is 31.2 Å². The Kier molecular flexibility index (Phi) is 3.48. The average Bonchev–Trinajstić information content (AvgIpc) is 3.04. The molecule has 6 heteroatoms. The third-order valence-electron chi connectivity index (χ3n) is 3.43. The number of para-hydroxylation sites is 1. The summed E-state index contributed by atoms with van der Waals surface area (Å²) in [7, 11) is 0. The van der Waals surface area contributed by atoms with Crippen molar-refractivity contribution in [3.05, 3.63) is 29.8 Å². The van der Waals surface area contributed by atoms with E-state index >= 15 is 0 Å². The molecule has 3 rings (SSSR count). The van der Waals surface area contributed by atoms with Crippen LogP contribution in [0.5, 0.6) is 0 Å². The number of amidine groups is 1. The molecule has 2 aliphatic rings. The minimum atomic E-state index is -0.610. The second-order valence-electron chi connectivity index (χ2n) is 4.85. The molecule has 2 amide bonds. The third-order valence-corrected chi connectivity index (χ3v) is 4.32. The van der Waals surface area contributed by atoms with Crippen molar-refractivity contribution in [3.8, 4) is 0 Å². The number of amides is 2. The first-order valence-corrected chi connectivity index (χ1v) is 7.55. The Hall–Kier alpha value is -1.82. The number of hydrogen-bond acceptors (Lipinski definition) is 4. The molecule has 2 aliphatic heterocycles. The van der Waals surface area contributed by atoms with Gasteiger partial charge in [0.25, 0.3) is 0 Å². The summed E-state index contributed by atoms with van der Waals surface area (Å²) in [6.45, 7) is 2.64. The topological polar surface area (TPSA) is 61.8 Å². The molecule has 1 N–H and O–H groups in total. The fourth-order valence-electron chi connectivity index (χ4n) is 2.55. The normalized spacial score (nSPS) is 20.6. The zero-order valence-corrected chi connectivity index (χ0v) is 11.9. The van der Waals surface area contributed by atoms with Crippen molar-refractivity contribution in [2.45, 2.75) is 19.4 Å². The smallest absolute Gasteiger partial charge is 0.301 e. The van der Waals surface area contributed by atoms with Gasteiger partial charge in [-0.25, -0.2) is 0 Å². The largest absolute Gasteiger partial charge is 0.316 e. The van der Waals surface area contributed by atoms with Gasteiger partial charge in [0.1, 0.15) is 0 Å². The average molecular weight is 289 g/mol. The molecule has 2 heterocycles. The Bertz CT molecular complexity index is 600. The first kappa shape index (κ1) is 13.2. The van der Waals surface area contributed by atoms with Gasteiger partial charge in [0.05, 0.1) is 6.54 Å². The van der Waals surface area contributed by atoms with E-state index in [1.54, 1.807) is 4.90 Å². The van der Waals surface area contributed by atoms with Crippen LogP contribution in [-0.2, 0) is 16.0 Å². The molecule has 0 fully saturated rings. The number of anilines is 1. The van der Waals surface area contributed by atoms with Crippen molar-refractivity contribution in [3.63, 3.8) is 0 Å². The maximum atomic E-state index is 12.4. The highest BCUT2D eigenvalue weighted by Crippen LogP contribution is 2.31. The molecular formula is C14H15N3O2S. The molecule has 1 unspecified atom stereocenters. The van der Waals surface area contributed by atoms with Crippen LogP contribution in [0, 0.1) is 0 Å². The summed E-state index contributed by atoms with van der Waals surface area (Å²) in [4.78, 5) is 30.1. The van der Waals surface area contributed by atoms with Crippen molar-refractivity contribution < 1.29 is 9.59 Å². The van der Waals surface area contributed by atoms with Crippen molar-refractivity contribution in [1.82, 2.24) is 5.32 Å². The van der Waals surface area contributed by atoms with E-state index in [9.17, 15) is 9.59 Å². The van der Waals surface area contributed by atoms with Crippen LogP contribution in [0.4, 0.5) is 5.69 Å². The molecule has 20 heavy (non-hydrogen) atoms. The van der Waals surface area contributed by atoms with E-state index in [4.69, 9.17) is 0 Å². The molecule has 0 aliphatic carbocycles. The first-order chi connectivity index (χ1) is 9.66. The SMILES string of the molecule is CC1Cc2ccccc2N1C(=O)C(=O)NC1=NCCS1. The second kappa shape index (κ2) is 5.28. The molecule has 0 aromatic heterocycles. The Balaban J connectivity index is 1.78. The Morgan fingerprint density at radius 3 is 2.95 bits per heavy atom. The van der Waals surface area contributed by atoms with E-state index in [2.05, 4.69) is 10.3 Å². The van der Waals surface area contributed by atoms with Crippen LogP contribution >= 0.6 is 11.8 Å². The molecular weight excluding hydrogens is 274 g/mol. The van der Waals surface area contributed by atoms with Crippen LogP contribution in [0.15, 0.2) is 29.3 Å². The number of nitrogens with zero attached hydrogens (tertiary/aromatic N) is 2. The molecule has 0 radical (unpaired) electrons. The lowest BCUT2D eigenvalue weighted by Crippen LogP contribution is -2.46. The fraction of sp³-hybridized carbons (Fsp3) is 0.357. The van der Waals surface area contributed by atoms with Gasteiger partial charge in [0.15, 0.2) is 5.17 Å².